The van der Waals surface area contributed by atoms with Crippen molar-refractivity contribution in [3.05, 3.63) is 64.0 Å². The van der Waals surface area contributed by atoms with E-state index < -0.39 is 0 Å². The van der Waals surface area contributed by atoms with Gasteiger partial charge in [-0.05, 0) is 38.1 Å². The van der Waals surface area contributed by atoms with Crippen LogP contribution in [0.1, 0.15) is 20.9 Å². The number of aromatic hydroxyl groups is 1. The molecular weight excluding hydrogens is 308 g/mol. The van der Waals surface area contributed by atoms with Gasteiger partial charge in [0.15, 0.2) is 0 Å². The molecule has 0 radical (unpaired) electrons. The largest absolute Gasteiger partial charge is 0.507 e. The molecule has 0 aliphatic heterocycles. The zero-order valence-electron chi connectivity index (χ0n) is 12.8. The molecule has 0 saturated carbocycles. The van der Waals surface area contributed by atoms with E-state index in [1.54, 1.807) is 23.5 Å². The summed E-state index contributed by atoms with van der Waals surface area (Å²) in [4.78, 5) is 16.8. The number of nitrogens with one attached hydrogen (secondary N) is 1. The van der Waals surface area contributed by atoms with Crippen molar-refractivity contribution in [2.24, 2.45) is 0 Å². The number of phenols is 1. The molecule has 2 N–H and O–H groups in total. The molecule has 4 nitrogen and oxygen atoms in total. The monoisotopic (exact) mass is 324 g/mol. The maximum Gasteiger partial charge on any atom is 0.259 e. The lowest BCUT2D eigenvalue weighted by molar-refractivity contribution is 0.102. The van der Waals surface area contributed by atoms with E-state index in [0.717, 1.165) is 21.8 Å². The summed E-state index contributed by atoms with van der Waals surface area (Å²) in [6, 6.07) is 12.5. The highest BCUT2D eigenvalue weighted by Gasteiger charge is 2.12. The van der Waals surface area contributed by atoms with Gasteiger partial charge in [0.25, 0.3) is 5.91 Å². The van der Waals surface area contributed by atoms with Crippen LogP contribution in [0.2, 0.25) is 0 Å². The van der Waals surface area contributed by atoms with E-state index >= 15 is 0 Å². The maximum absolute atomic E-state index is 12.4. The van der Waals surface area contributed by atoms with Gasteiger partial charge in [-0.3, -0.25) is 4.79 Å². The van der Waals surface area contributed by atoms with Crippen molar-refractivity contribution < 1.29 is 9.90 Å². The Kier molecular flexibility index (Phi) is 4.12. The number of carbonyl (C=O) groups excluding carboxylic acids is 1. The van der Waals surface area contributed by atoms with Crippen molar-refractivity contribution in [1.29, 1.82) is 0 Å². The van der Waals surface area contributed by atoms with Crippen LogP contribution in [0.15, 0.2) is 47.8 Å². The molecule has 116 valence electrons. The molecule has 0 bridgehead atoms. The van der Waals surface area contributed by atoms with Crippen LogP contribution in [0.5, 0.6) is 5.75 Å². The molecule has 23 heavy (non-hydrogen) atoms. The fraction of sp³-hybridized carbons (Fsp3) is 0.111. The minimum absolute atomic E-state index is 0.0284. The van der Waals surface area contributed by atoms with Crippen molar-refractivity contribution in [2.45, 2.75) is 13.8 Å². The number of phenolic OH excluding ortho intramolecular Hbond substituents is 1. The van der Waals surface area contributed by atoms with Gasteiger partial charge >= 0.3 is 0 Å². The van der Waals surface area contributed by atoms with E-state index in [-0.39, 0.29) is 17.2 Å². The van der Waals surface area contributed by atoms with Crippen LogP contribution in [0.3, 0.4) is 0 Å². The number of rotatable bonds is 3. The molecule has 0 atom stereocenters. The first-order valence-electron chi connectivity index (χ1n) is 7.16. The fourth-order valence-corrected chi connectivity index (χ4v) is 2.90. The van der Waals surface area contributed by atoms with Crippen molar-refractivity contribution in [1.82, 2.24) is 4.98 Å². The molecule has 2 aromatic carbocycles. The van der Waals surface area contributed by atoms with Crippen LogP contribution in [-0.4, -0.2) is 16.0 Å². The van der Waals surface area contributed by atoms with Gasteiger partial charge in [-0.1, -0.05) is 23.8 Å². The SMILES string of the molecule is Cc1ccc(O)c(C(=O)Nc2cccc(-c3csc(C)n3)c2)c1. The van der Waals surface area contributed by atoms with Crippen molar-refractivity contribution in [3.8, 4) is 17.0 Å². The molecule has 3 aromatic rings. The molecule has 5 heteroatoms. The average molecular weight is 324 g/mol. The van der Waals surface area contributed by atoms with E-state index in [4.69, 9.17) is 0 Å². The zero-order valence-corrected chi connectivity index (χ0v) is 13.6. The van der Waals surface area contributed by atoms with Crippen LogP contribution in [-0.2, 0) is 0 Å². The predicted molar refractivity (Wildman–Crippen MR) is 93.1 cm³/mol. The summed E-state index contributed by atoms with van der Waals surface area (Å²) in [5.74, 6) is -0.364. The Bertz CT molecular complexity index is 871. The molecule has 0 unspecified atom stereocenters. The Labute approximate surface area is 138 Å². The number of hydrogen-bond acceptors (Lipinski definition) is 4. The lowest BCUT2D eigenvalue weighted by Crippen LogP contribution is -2.12. The first kappa shape index (κ1) is 15.2. The average Bonchev–Trinajstić information content (AvgIpc) is 2.96. The van der Waals surface area contributed by atoms with Gasteiger partial charge in [0, 0.05) is 16.6 Å². The van der Waals surface area contributed by atoms with Crippen LogP contribution in [0.4, 0.5) is 5.69 Å². The number of anilines is 1. The van der Waals surface area contributed by atoms with E-state index in [9.17, 15) is 9.90 Å². The molecule has 0 spiro atoms. The third kappa shape index (κ3) is 3.40. The van der Waals surface area contributed by atoms with E-state index in [0.29, 0.717) is 5.69 Å². The maximum atomic E-state index is 12.4. The number of thiazole rings is 1. The third-order valence-corrected chi connectivity index (χ3v) is 4.21. The Balaban J connectivity index is 1.85. The summed E-state index contributed by atoms with van der Waals surface area (Å²) in [6.07, 6.45) is 0. The highest BCUT2D eigenvalue weighted by Crippen LogP contribution is 2.25. The topological polar surface area (TPSA) is 62.2 Å². The number of nitrogens with zero attached hydrogens (tertiary/aromatic N) is 1. The number of hydrogen-bond donors (Lipinski definition) is 2. The Morgan fingerprint density at radius 3 is 2.74 bits per heavy atom. The Morgan fingerprint density at radius 1 is 1.17 bits per heavy atom. The third-order valence-electron chi connectivity index (χ3n) is 3.43. The summed E-state index contributed by atoms with van der Waals surface area (Å²) in [7, 11) is 0. The molecule has 1 amide bonds. The van der Waals surface area contributed by atoms with E-state index in [1.807, 2.05) is 43.5 Å². The number of carbonyl (C=O) groups is 1. The zero-order chi connectivity index (χ0) is 16.4. The standard InChI is InChI=1S/C18H16N2O2S/c1-11-6-7-17(21)15(8-11)18(22)20-14-5-3-4-13(9-14)16-10-23-12(2)19-16/h3-10,21H,1-2H3,(H,20,22). The highest BCUT2D eigenvalue weighted by atomic mass is 32.1. The number of benzene rings is 2. The Morgan fingerprint density at radius 2 is 2.00 bits per heavy atom. The molecule has 0 saturated heterocycles. The predicted octanol–water partition coefficient (Wildman–Crippen LogP) is 4.38. The van der Waals surface area contributed by atoms with Crippen molar-refractivity contribution in [3.63, 3.8) is 0 Å². The Hall–Kier alpha value is -2.66. The fourth-order valence-electron chi connectivity index (χ4n) is 2.28. The van der Waals surface area contributed by atoms with Gasteiger partial charge in [0.2, 0.25) is 0 Å². The lowest BCUT2D eigenvalue weighted by Gasteiger charge is -2.08. The van der Waals surface area contributed by atoms with E-state index in [2.05, 4.69) is 10.3 Å². The van der Waals surface area contributed by atoms with Gasteiger partial charge in [-0.25, -0.2) is 4.98 Å². The number of aromatic nitrogens is 1. The molecule has 3 rings (SSSR count). The first-order chi connectivity index (χ1) is 11.0. The highest BCUT2D eigenvalue weighted by molar-refractivity contribution is 7.09. The van der Waals surface area contributed by atoms with Gasteiger partial charge < -0.3 is 10.4 Å². The van der Waals surface area contributed by atoms with Crippen LogP contribution >= 0.6 is 11.3 Å². The molecular formula is C18H16N2O2S. The van der Waals surface area contributed by atoms with E-state index in [1.165, 1.54) is 6.07 Å². The minimum Gasteiger partial charge on any atom is -0.507 e. The summed E-state index contributed by atoms with van der Waals surface area (Å²) >= 11 is 1.59. The summed E-state index contributed by atoms with van der Waals surface area (Å²) in [6.45, 7) is 3.84. The number of amides is 1. The van der Waals surface area contributed by atoms with Crippen molar-refractivity contribution >= 4 is 22.9 Å². The molecule has 0 aliphatic rings. The first-order valence-corrected chi connectivity index (χ1v) is 8.04. The molecule has 0 aliphatic carbocycles. The van der Waals surface area contributed by atoms with Crippen LogP contribution in [0, 0.1) is 13.8 Å². The van der Waals surface area contributed by atoms with Gasteiger partial charge in [-0.2, -0.15) is 0 Å². The summed E-state index contributed by atoms with van der Waals surface area (Å²) in [5, 5.41) is 15.7. The van der Waals surface area contributed by atoms with Gasteiger partial charge in [0.1, 0.15) is 5.75 Å². The molecule has 1 heterocycles. The van der Waals surface area contributed by atoms with Gasteiger partial charge in [-0.15, -0.1) is 11.3 Å². The smallest absolute Gasteiger partial charge is 0.259 e. The second-order valence-electron chi connectivity index (χ2n) is 5.31. The number of aryl methyl sites for hydroxylation is 2. The summed E-state index contributed by atoms with van der Waals surface area (Å²) in [5.41, 5.74) is 3.68. The molecule has 0 fully saturated rings. The summed E-state index contributed by atoms with van der Waals surface area (Å²) < 4.78 is 0. The second-order valence-corrected chi connectivity index (χ2v) is 6.37. The minimum atomic E-state index is -0.335. The second kappa shape index (κ2) is 6.22. The quantitative estimate of drug-likeness (QED) is 0.751. The van der Waals surface area contributed by atoms with Crippen LogP contribution < -0.4 is 5.32 Å². The van der Waals surface area contributed by atoms with Gasteiger partial charge in [0.05, 0.1) is 16.3 Å². The van der Waals surface area contributed by atoms with Crippen molar-refractivity contribution in [2.75, 3.05) is 5.32 Å². The lowest BCUT2D eigenvalue weighted by atomic mass is 10.1. The van der Waals surface area contributed by atoms with Crippen LogP contribution in [0.25, 0.3) is 11.3 Å². The normalized spacial score (nSPS) is 10.5. The molecule has 1 aromatic heterocycles.